The quantitative estimate of drug-likeness (QED) is 0.314. The van der Waals surface area contributed by atoms with Gasteiger partial charge in [-0.15, -0.1) is 35.3 Å². The third kappa shape index (κ3) is 7.98. The minimum absolute atomic E-state index is 0. The Morgan fingerprint density at radius 2 is 2.16 bits per heavy atom. The molecule has 144 valence electrons. The van der Waals surface area contributed by atoms with Crippen molar-refractivity contribution in [2.24, 2.45) is 10.9 Å². The first-order valence-electron chi connectivity index (χ1n) is 8.03. The lowest BCUT2D eigenvalue weighted by Gasteiger charge is -2.25. The average molecular weight is 521 g/mol. The zero-order valence-electron chi connectivity index (χ0n) is 14.5. The van der Waals surface area contributed by atoms with E-state index >= 15 is 0 Å². The molecule has 0 saturated heterocycles. The topological polar surface area (TPSA) is 73.8 Å². The lowest BCUT2D eigenvalue weighted by atomic mass is 9.86. The molecule has 1 aliphatic rings. The number of aliphatic imine (C=N–C) groups is 1. The van der Waals surface area contributed by atoms with E-state index in [2.05, 4.69) is 15.0 Å². The van der Waals surface area contributed by atoms with Gasteiger partial charge in [0, 0.05) is 32.1 Å². The maximum atomic E-state index is 12.0. The average Bonchev–Trinajstić information content (AvgIpc) is 2.86. The molecular weight excluding hydrogens is 495 g/mol. The van der Waals surface area contributed by atoms with Gasteiger partial charge in [0.05, 0.1) is 16.6 Å². The van der Waals surface area contributed by atoms with Gasteiger partial charge >= 0.3 is 0 Å². The Labute approximate surface area is 176 Å². The summed E-state index contributed by atoms with van der Waals surface area (Å²) in [7, 11) is 0.354. The van der Waals surface area contributed by atoms with E-state index in [0.29, 0.717) is 31.5 Å². The van der Waals surface area contributed by atoms with Gasteiger partial charge < -0.3 is 10.2 Å². The molecule has 1 aliphatic carbocycles. The summed E-state index contributed by atoms with van der Waals surface area (Å²) < 4.78 is 27.4. The summed E-state index contributed by atoms with van der Waals surface area (Å²) >= 11 is 7.46. The van der Waals surface area contributed by atoms with Crippen LogP contribution in [-0.2, 0) is 16.6 Å². The van der Waals surface area contributed by atoms with Gasteiger partial charge in [0.15, 0.2) is 5.96 Å². The molecule has 2 N–H and O–H groups in total. The summed E-state index contributed by atoms with van der Waals surface area (Å²) in [4.78, 5) is 7.26. The lowest BCUT2D eigenvalue weighted by Crippen LogP contribution is -2.42. The van der Waals surface area contributed by atoms with Crippen molar-refractivity contribution in [1.29, 1.82) is 0 Å². The highest BCUT2D eigenvalue weighted by Crippen LogP contribution is 2.25. The van der Waals surface area contributed by atoms with Crippen LogP contribution < -0.4 is 10.0 Å². The van der Waals surface area contributed by atoms with E-state index in [0.717, 1.165) is 22.1 Å². The molecule has 10 heteroatoms. The summed E-state index contributed by atoms with van der Waals surface area (Å²) in [5, 5.41) is 3.10. The van der Waals surface area contributed by atoms with E-state index in [1.165, 1.54) is 17.8 Å². The zero-order chi connectivity index (χ0) is 17.6. The third-order valence-electron chi connectivity index (χ3n) is 4.07. The van der Waals surface area contributed by atoms with Gasteiger partial charge in [-0.2, -0.15) is 0 Å². The Balaban J connectivity index is 0.00000312. The van der Waals surface area contributed by atoms with Crippen LogP contribution in [0.1, 0.15) is 24.1 Å². The highest BCUT2D eigenvalue weighted by molar-refractivity contribution is 14.0. The second-order valence-electron chi connectivity index (χ2n) is 6.00. The van der Waals surface area contributed by atoms with E-state index in [1.54, 1.807) is 7.05 Å². The lowest BCUT2D eigenvalue weighted by molar-refractivity contribution is 0.316. The van der Waals surface area contributed by atoms with Crippen molar-refractivity contribution >= 4 is 62.9 Å². The fraction of sp³-hybridized carbons (Fsp3) is 0.667. The minimum Gasteiger partial charge on any atom is -0.355 e. The van der Waals surface area contributed by atoms with Crippen molar-refractivity contribution in [3.63, 3.8) is 0 Å². The molecule has 25 heavy (non-hydrogen) atoms. The van der Waals surface area contributed by atoms with Crippen molar-refractivity contribution < 1.29 is 8.42 Å². The monoisotopic (exact) mass is 520 g/mol. The number of halogens is 2. The van der Waals surface area contributed by atoms with Crippen molar-refractivity contribution in [1.82, 2.24) is 14.9 Å². The van der Waals surface area contributed by atoms with E-state index in [1.807, 2.05) is 24.1 Å². The highest BCUT2D eigenvalue weighted by Gasteiger charge is 2.20. The molecule has 1 heterocycles. The molecule has 0 unspecified atom stereocenters. The first-order chi connectivity index (χ1) is 11.4. The molecule has 1 saturated carbocycles. The Bertz CT molecular complexity index is 662. The highest BCUT2D eigenvalue weighted by atomic mass is 127. The number of hydrogen-bond donors (Lipinski definition) is 2. The van der Waals surface area contributed by atoms with Gasteiger partial charge in [0.1, 0.15) is 0 Å². The van der Waals surface area contributed by atoms with Crippen LogP contribution in [-0.4, -0.2) is 52.2 Å². The van der Waals surface area contributed by atoms with Crippen LogP contribution in [0.3, 0.4) is 0 Å². The molecular formula is C15H26ClIN4O2S2. The second kappa shape index (κ2) is 10.9. The smallest absolute Gasteiger partial charge is 0.213 e. The number of nitrogens with one attached hydrogen (secondary N) is 2. The van der Waals surface area contributed by atoms with Crippen LogP contribution in [0.25, 0.3) is 0 Å². The van der Waals surface area contributed by atoms with Crippen LogP contribution in [0.4, 0.5) is 0 Å². The normalized spacial score (nSPS) is 15.4. The van der Waals surface area contributed by atoms with Crippen LogP contribution >= 0.6 is 46.9 Å². The molecule has 0 atom stereocenters. The number of thiophene rings is 1. The summed E-state index contributed by atoms with van der Waals surface area (Å²) in [6.07, 6.45) is 3.47. The Kier molecular flexibility index (Phi) is 10.0. The van der Waals surface area contributed by atoms with Crippen LogP contribution in [0.5, 0.6) is 0 Å². The SMILES string of the molecule is CN=C(NCCS(=O)(=O)NCC1CCC1)N(C)Cc1ccc(Cl)s1.I. The molecule has 1 aromatic rings. The largest absolute Gasteiger partial charge is 0.355 e. The van der Waals surface area contributed by atoms with Crippen LogP contribution in [0, 0.1) is 5.92 Å². The maximum absolute atomic E-state index is 12.0. The molecule has 0 bridgehead atoms. The van der Waals surface area contributed by atoms with Crippen molar-refractivity contribution in [3.05, 3.63) is 21.3 Å². The molecule has 6 nitrogen and oxygen atoms in total. The second-order valence-corrected chi connectivity index (χ2v) is 9.73. The number of rotatable bonds is 8. The molecule has 1 aromatic heterocycles. The predicted octanol–water partition coefficient (Wildman–Crippen LogP) is 2.75. The molecule has 0 aromatic carbocycles. The van der Waals surface area contributed by atoms with Crippen LogP contribution in [0.2, 0.25) is 4.34 Å². The maximum Gasteiger partial charge on any atom is 0.213 e. The van der Waals surface area contributed by atoms with Gasteiger partial charge in [0.25, 0.3) is 0 Å². The standard InChI is InChI=1S/C15H25ClN4O2S2.HI/c1-17-15(20(2)11-13-6-7-14(16)23-13)18-8-9-24(21,22)19-10-12-4-3-5-12;/h6-7,12,19H,3-5,8-11H2,1-2H3,(H,17,18);1H. The molecule has 0 amide bonds. The fourth-order valence-corrected chi connectivity index (χ4v) is 4.59. The van der Waals surface area contributed by atoms with Gasteiger partial charge in [-0.05, 0) is 30.9 Å². The molecule has 0 aliphatic heterocycles. The van der Waals surface area contributed by atoms with Crippen molar-refractivity contribution in [2.45, 2.75) is 25.8 Å². The minimum atomic E-state index is -3.24. The first kappa shape index (κ1) is 22.9. The van der Waals surface area contributed by atoms with E-state index in [9.17, 15) is 8.42 Å². The molecule has 0 radical (unpaired) electrons. The van der Waals surface area contributed by atoms with Crippen molar-refractivity contribution in [2.75, 3.05) is 32.9 Å². The first-order valence-corrected chi connectivity index (χ1v) is 10.9. The summed E-state index contributed by atoms with van der Waals surface area (Å²) in [5.74, 6) is 1.22. The van der Waals surface area contributed by atoms with Gasteiger partial charge in [0.2, 0.25) is 10.0 Å². The van der Waals surface area contributed by atoms with E-state index < -0.39 is 10.0 Å². The Hall–Kier alpha value is -0.1000. The zero-order valence-corrected chi connectivity index (χ0v) is 19.2. The Morgan fingerprint density at radius 3 is 2.68 bits per heavy atom. The van der Waals surface area contributed by atoms with Gasteiger partial charge in [-0.3, -0.25) is 4.99 Å². The summed E-state index contributed by atoms with van der Waals surface area (Å²) in [6.45, 7) is 1.56. The molecule has 0 spiro atoms. The van der Waals surface area contributed by atoms with Crippen molar-refractivity contribution in [3.8, 4) is 0 Å². The summed E-state index contributed by atoms with van der Waals surface area (Å²) in [6, 6.07) is 3.84. The van der Waals surface area contributed by atoms with Gasteiger partial charge in [-0.25, -0.2) is 13.1 Å². The third-order valence-corrected chi connectivity index (χ3v) is 6.63. The van der Waals surface area contributed by atoms with Crippen LogP contribution in [0.15, 0.2) is 17.1 Å². The van der Waals surface area contributed by atoms with Gasteiger partial charge in [-0.1, -0.05) is 18.0 Å². The Morgan fingerprint density at radius 1 is 1.44 bits per heavy atom. The number of nitrogens with zero attached hydrogens (tertiary/aromatic N) is 2. The number of sulfonamides is 1. The van der Waals surface area contributed by atoms with E-state index in [-0.39, 0.29) is 29.7 Å². The van der Waals surface area contributed by atoms with E-state index in [4.69, 9.17) is 11.6 Å². The molecule has 1 fully saturated rings. The number of guanidine groups is 1. The predicted molar refractivity (Wildman–Crippen MR) is 117 cm³/mol. The fourth-order valence-electron chi connectivity index (χ4n) is 2.44. The number of hydrogen-bond acceptors (Lipinski definition) is 4. The molecule has 2 rings (SSSR count). The summed E-state index contributed by atoms with van der Waals surface area (Å²) in [5.41, 5.74) is 0.